The van der Waals surface area contributed by atoms with Crippen molar-refractivity contribution in [3.05, 3.63) is 0 Å². The average Bonchev–Trinajstić information content (AvgIpc) is 2.07. The fourth-order valence-electron chi connectivity index (χ4n) is 2.12. The first-order chi connectivity index (χ1) is 5.34. The maximum atomic E-state index is 3.72. The van der Waals surface area contributed by atoms with Crippen molar-refractivity contribution in [3.63, 3.8) is 0 Å². The summed E-state index contributed by atoms with van der Waals surface area (Å²) >= 11 is 0. The van der Waals surface area contributed by atoms with Crippen LogP contribution < -0.4 is 4.98 Å². The minimum atomic E-state index is -0.395. The van der Waals surface area contributed by atoms with Crippen molar-refractivity contribution in [1.82, 2.24) is 4.98 Å². The Hall–Kier alpha value is 0.394. The fourth-order valence-corrected chi connectivity index (χ4v) is 7.80. The second-order valence-electron chi connectivity index (χ2n) is 3.74. The Morgan fingerprint density at radius 3 is 2.55 bits per heavy atom. The van der Waals surface area contributed by atoms with Crippen molar-refractivity contribution in [2.75, 3.05) is 6.54 Å². The van der Waals surface area contributed by atoms with E-state index in [2.05, 4.69) is 11.9 Å². The topological polar surface area (TPSA) is 12.0 Å². The molecule has 66 valence electrons. The second kappa shape index (κ2) is 5.11. The molecule has 0 spiro atoms. The molecular weight excluding hydrogens is 166 g/mol. The lowest BCUT2D eigenvalue weighted by Crippen LogP contribution is -2.39. The van der Waals surface area contributed by atoms with Gasteiger partial charge in [0.2, 0.25) is 0 Å². The SMILES string of the molecule is CCN[SiH]([SiH3])C1CCCCC1. The highest BCUT2D eigenvalue weighted by Gasteiger charge is 2.19. The van der Waals surface area contributed by atoms with Gasteiger partial charge in [-0.25, -0.2) is 0 Å². The maximum Gasteiger partial charge on any atom is 0.0909 e. The van der Waals surface area contributed by atoms with Gasteiger partial charge in [-0.15, -0.1) is 0 Å². The minimum absolute atomic E-state index is 0.395. The third-order valence-corrected chi connectivity index (χ3v) is 10.1. The summed E-state index contributed by atoms with van der Waals surface area (Å²) in [5.41, 5.74) is 1.16. The van der Waals surface area contributed by atoms with Crippen molar-refractivity contribution in [2.45, 2.75) is 44.6 Å². The van der Waals surface area contributed by atoms with Gasteiger partial charge in [-0.3, -0.25) is 0 Å². The quantitative estimate of drug-likeness (QED) is 0.635. The van der Waals surface area contributed by atoms with Crippen molar-refractivity contribution in [2.24, 2.45) is 0 Å². The molecule has 3 heteroatoms. The Bertz CT molecular complexity index is 102. The third kappa shape index (κ3) is 3.09. The number of nitrogens with one attached hydrogen (secondary N) is 1. The summed E-state index contributed by atoms with van der Waals surface area (Å²) < 4.78 is 0. The summed E-state index contributed by atoms with van der Waals surface area (Å²) in [4.78, 5) is 3.72. The molecule has 0 aliphatic heterocycles. The molecule has 1 aliphatic rings. The van der Waals surface area contributed by atoms with Crippen molar-refractivity contribution in [3.8, 4) is 0 Å². The molecule has 0 aromatic heterocycles. The Morgan fingerprint density at radius 1 is 1.36 bits per heavy atom. The van der Waals surface area contributed by atoms with E-state index in [1.54, 1.807) is 12.8 Å². The first kappa shape index (κ1) is 9.48. The summed E-state index contributed by atoms with van der Waals surface area (Å²) in [6, 6.07) is 0. The van der Waals surface area contributed by atoms with Crippen LogP contribution in [-0.4, -0.2) is 24.8 Å². The molecule has 0 saturated heterocycles. The first-order valence-electron chi connectivity index (χ1n) is 5.08. The van der Waals surface area contributed by atoms with Crippen LogP contribution in [0.4, 0.5) is 0 Å². The number of hydrogen-bond donors (Lipinski definition) is 1. The van der Waals surface area contributed by atoms with Crippen molar-refractivity contribution >= 4 is 18.2 Å². The summed E-state index contributed by atoms with van der Waals surface area (Å²) in [6.45, 7) is 3.47. The summed E-state index contributed by atoms with van der Waals surface area (Å²) in [7, 11) is 1.07. The molecule has 1 fully saturated rings. The Kier molecular flexibility index (Phi) is 4.41. The normalized spacial score (nSPS) is 23.7. The highest BCUT2D eigenvalue weighted by atomic mass is 29.2. The van der Waals surface area contributed by atoms with Gasteiger partial charge in [0.1, 0.15) is 0 Å². The van der Waals surface area contributed by atoms with Gasteiger partial charge >= 0.3 is 0 Å². The molecule has 0 radical (unpaired) electrons. The summed E-state index contributed by atoms with van der Waals surface area (Å²) in [5.74, 6) is 0. The highest BCUT2D eigenvalue weighted by Crippen LogP contribution is 2.29. The molecule has 1 rings (SSSR count). The largest absolute Gasteiger partial charge is 0.342 e. The minimum Gasteiger partial charge on any atom is -0.342 e. The van der Waals surface area contributed by atoms with Crippen LogP contribution >= 0.6 is 0 Å². The van der Waals surface area contributed by atoms with E-state index in [0.717, 1.165) is 5.54 Å². The summed E-state index contributed by atoms with van der Waals surface area (Å²) in [6.07, 6.45) is 7.63. The van der Waals surface area contributed by atoms with Gasteiger partial charge in [-0.05, 0) is 12.1 Å². The van der Waals surface area contributed by atoms with Gasteiger partial charge in [0.05, 0.1) is 8.48 Å². The molecule has 11 heavy (non-hydrogen) atoms. The molecule has 1 N–H and O–H groups in total. The lowest BCUT2D eigenvalue weighted by molar-refractivity contribution is 0.496. The lowest BCUT2D eigenvalue weighted by atomic mass is 10.0. The van der Waals surface area contributed by atoms with Crippen LogP contribution in [-0.2, 0) is 0 Å². The zero-order chi connectivity index (χ0) is 8.10. The van der Waals surface area contributed by atoms with E-state index in [9.17, 15) is 0 Å². The first-order valence-corrected chi connectivity index (χ1v) is 10.9. The molecule has 0 heterocycles. The van der Waals surface area contributed by atoms with E-state index < -0.39 is 8.48 Å². The van der Waals surface area contributed by atoms with Crippen LogP contribution in [0.25, 0.3) is 0 Å². The molecule has 0 bridgehead atoms. The molecule has 1 unspecified atom stereocenters. The zero-order valence-corrected chi connectivity index (χ0v) is 11.1. The molecule has 1 saturated carbocycles. The van der Waals surface area contributed by atoms with Gasteiger partial charge in [0.25, 0.3) is 0 Å². The predicted octanol–water partition coefficient (Wildman–Crippen LogP) is 0.516. The summed E-state index contributed by atoms with van der Waals surface area (Å²) in [5, 5.41) is 0. The van der Waals surface area contributed by atoms with Crippen molar-refractivity contribution < 1.29 is 0 Å². The van der Waals surface area contributed by atoms with E-state index in [0.29, 0.717) is 0 Å². The van der Waals surface area contributed by atoms with E-state index in [4.69, 9.17) is 0 Å². The van der Waals surface area contributed by atoms with Crippen LogP contribution in [0.3, 0.4) is 0 Å². The van der Waals surface area contributed by atoms with Gasteiger partial charge in [0.15, 0.2) is 0 Å². The lowest BCUT2D eigenvalue weighted by Gasteiger charge is -2.26. The molecule has 1 atom stereocenters. The highest BCUT2D eigenvalue weighted by molar-refractivity contribution is 7.02. The molecule has 1 aliphatic carbocycles. The average molecular weight is 187 g/mol. The van der Waals surface area contributed by atoms with Gasteiger partial charge in [-0.1, -0.05) is 39.0 Å². The van der Waals surface area contributed by atoms with Crippen LogP contribution in [0.1, 0.15) is 39.0 Å². The number of hydrogen-bond acceptors (Lipinski definition) is 1. The zero-order valence-electron chi connectivity index (χ0n) is 7.90. The Labute approximate surface area is 74.9 Å². The van der Waals surface area contributed by atoms with Crippen LogP contribution in [0, 0.1) is 0 Å². The van der Waals surface area contributed by atoms with Crippen LogP contribution in [0.5, 0.6) is 0 Å². The predicted molar refractivity (Wildman–Crippen MR) is 57.6 cm³/mol. The molecule has 0 aromatic carbocycles. The van der Waals surface area contributed by atoms with E-state index in [1.165, 1.54) is 35.6 Å². The Morgan fingerprint density at radius 2 is 2.00 bits per heavy atom. The van der Waals surface area contributed by atoms with Gasteiger partial charge in [0, 0.05) is 9.76 Å². The molecule has 0 aromatic rings. The van der Waals surface area contributed by atoms with Crippen molar-refractivity contribution in [1.29, 1.82) is 0 Å². The monoisotopic (exact) mass is 187 g/mol. The molecular formula is C8H21NSi2. The fraction of sp³-hybridized carbons (Fsp3) is 1.00. The number of rotatable bonds is 3. The Balaban J connectivity index is 2.21. The smallest absolute Gasteiger partial charge is 0.0909 e. The third-order valence-electron chi connectivity index (χ3n) is 2.88. The molecule has 0 amide bonds. The van der Waals surface area contributed by atoms with E-state index in [-0.39, 0.29) is 0 Å². The molecule has 1 nitrogen and oxygen atoms in total. The van der Waals surface area contributed by atoms with Gasteiger partial charge < -0.3 is 4.98 Å². The van der Waals surface area contributed by atoms with E-state index in [1.807, 2.05) is 0 Å². The standard InChI is InChI=1S/C8H21NSi2/c1-2-9-11(10)8-6-4-3-5-7-8/h8-9,11H,2-7H2,1,10H3. The van der Waals surface area contributed by atoms with Crippen LogP contribution in [0.15, 0.2) is 0 Å². The van der Waals surface area contributed by atoms with Gasteiger partial charge in [-0.2, -0.15) is 0 Å². The van der Waals surface area contributed by atoms with Crippen LogP contribution in [0.2, 0.25) is 5.54 Å². The maximum absolute atomic E-state index is 3.72. The second-order valence-corrected chi connectivity index (χ2v) is 10.4. The van der Waals surface area contributed by atoms with E-state index >= 15 is 0 Å².